The fourth-order valence-electron chi connectivity index (χ4n) is 2.46. The molecule has 1 aliphatic carbocycles. The normalized spacial score (nSPS) is 15.4. The Kier molecular flexibility index (Phi) is 14.2. The second-order valence-corrected chi connectivity index (χ2v) is 4.40. The molecule has 0 atom stereocenters. The Labute approximate surface area is 115 Å². The van der Waals surface area contributed by atoms with Crippen molar-refractivity contribution in [3.8, 4) is 6.07 Å². The van der Waals surface area contributed by atoms with E-state index in [0.29, 0.717) is 0 Å². The van der Waals surface area contributed by atoms with Gasteiger partial charge in [0.05, 0.1) is 12.5 Å². The minimum atomic E-state index is 0.265. The Bertz CT molecular complexity index is 196. The van der Waals surface area contributed by atoms with Gasteiger partial charge in [-0.05, 0) is 45.2 Å². The fourth-order valence-corrected chi connectivity index (χ4v) is 2.46. The van der Waals surface area contributed by atoms with Crippen LogP contribution < -0.4 is 0 Å². The van der Waals surface area contributed by atoms with Gasteiger partial charge in [-0.3, -0.25) is 4.90 Å². The molecule has 108 valence electrons. The summed E-state index contributed by atoms with van der Waals surface area (Å²) in [6.45, 7) is 14.8. The molecule has 0 amide bonds. The molecule has 0 aromatic heterocycles. The zero-order valence-corrected chi connectivity index (χ0v) is 13.6. The molecule has 0 aromatic rings. The maximum atomic E-state index is 8.88. The monoisotopic (exact) mass is 254 g/mol. The maximum Gasteiger partial charge on any atom is 0.0641 e. The van der Waals surface area contributed by atoms with Crippen LogP contribution in [0.1, 0.15) is 80.1 Å². The number of nitriles is 1. The average molecular weight is 254 g/mol. The van der Waals surface area contributed by atoms with Crippen molar-refractivity contribution in [2.75, 3.05) is 13.1 Å². The van der Waals surface area contributed by atoms with Crippen LogP contribution in [0.25, 0.3) is 0 Å². The van der Waals surface area contributed by atoms with Gasteiger partial charge in [-0.25, -0.2) is 0 Å². The number of nitrogens with zero attached hydrogens (tertiary/aromatic N) is 2. The Morgan fingerprint density at radius 3 is 1.67 bits per heavy atom. The van der Waals surface area contributed by atoms with E-state index in [9.17, 15) is 0 Å². The van der Waals surface area contributed by atoms with Crippen molar-refractivity contribution in [1.82, 2.24) is 4.90 Å². The van der Waals surface area contributed by atoms with E-state index in [2.05, 4.69) is 24.8 Å². The molecule has 0 N–H and O–H groups in total. The summed E-state index contributed by atoms with van der Waals surface area (Å²) in [7, 11) is 0. The first-order valence-electron chi connectivity index (χ1n) is 7.91. The van der Waals surface area contributed by atoms with E-state index >= 15 is 0 Å². The Morgan fingerprint density at radius 2 is 1.44 bits per heavy atom. The third-order valence-electron chi connectivity index (χ3n) is 3.35. The summed E-state index contributed by atoms with van der Waals surface area (Å²) in [6.07, 6.45) is 6.92. The van der Waals surface area contributed by atoms with Gasteiger partial charge in [-0.15, -0.1) is 0 Å². The molecule has 2 heteroatoms. The fraction of sp³-hybridized carbons (Fsp3) is 0.938. The van der Waals surface area contributed by atoms with Crippen LogP contribution in [-0.2, 0) is 0 Å². The molecule has 1 aliphatic rings. The van der Waals surface area contributed by atoms with Gasteiger partial charge < -0.3 is 0 Å². The zero-order valence-electron chi connectivity index (χ0n) is 13.6. The quantitative estimate of drug-likeness (QED) is 0.667. The first-order valence-corrected chi connectivity index (χ1v) is 7.91. The van der Waals surface area contributed by atoms with Crippen LogP contribution in [0, 0.1) is 11.3 Å². The molecule has 18 heavy (non-hydrogen) atoms. The molecule has 0 saturated heterocycles. The molecule has 0 heterocycles. The second kappa shape index (κ2) is 12.9. The molecule has 1 rings (SSSR count). The van der Waals surface area contributed by atoms with Crippen molar-refractivity contribution in [1.29, 1.82) is 5.26 Å². The molecule has 0 unspecified atom stereocenters. The van der Waals surface area contributed by atoms with Crippen molar-refractivity contribution < 1.29 is 0 Å². The molecule has 0 radical (unpaired) electrons. The first kappa shape index (κ1) is 19.8. The lowest BCUT2D eigenvalue weighted by Gasteiger charge is -2.49. The van der Waals surface area contributed by atoms with Gasteiger partial charge in [0.1, 0.15) is 0 Å². The van der Waals surface area contributed by atoms with Gasteiger partial charge >= 0.3 is 0 Å². The van der Waals surface area contributed by atoms with Crippen molar-refractivity contribution in [3.05, 3.63) is 0 Å². The molecular weight excluding hydrogens is 220 g/mol. The lowest BCUT2D eigenvalue weighted by molar-refractivity contribution is 0.0195. The number of rotatable bonds is 6. The van der Waals surface area contributed by atoms with E-state index < -0.39 is 0 Å². The van der Waals surface area contributed by atoms with Gasteiger partial charge in [-0.2, -0.15) is 5.26 Å². The third kappa shape index (κ3) is 5.87. The summed E-state index contributed by atoms with van der Waals surface area (Å²) in [4.78, 5) is 2.56. The van der Waals surface area contributed by atoms with Gasteiger partial charge in [0, 0.05) is 5.54 Å². The summed E-state index contributed by atoms with van der Waals surface area (Å²) in [5, 5.41) is 8.88. The van der Waals surface area contributed by atoms with Gasteiger partial charge in [0.25, 0.3) is 0 Å². The minimum Gasteiger partial charge on any atom is -0.297 e. The third-order valence-corrected chi connectivity index (χ3v) is 3.35. The molecule has 1 fully saturated rings. The molecule has 2 nitrogen and oxygen atoms in total. The van der Waals surface area contributed by atoms with E-state index in [1.807, 2.05) is 27.7 Å². The summed E-state index contributed by atoms with van der Waals surface area (Å²) in [6, 6.07) is 2.37. The number of hydrogen-bond acceptors (Lipinski definition) is 2. The second-order valence-electron chi connectivity index (χ2n) is 4.40. The molecule has 1 saturated carbocycles. The smallest absolute Gasteiger partial charge is 0.0641 e. The van der Waals surface area contributed by atoms with Crippen LogP contribution in [0.3, 0.4) is 0 Å². The van der Waals surface area contributed by atoms with Gasteiger partial charge in [0.15, 0.2) is 0 Å². The van der Waals surface area contributed by atoms with E-state index in [1.54, 1.807) is 0 Å². The highest BCUT2D eigenvalue weighted by Crippen LogP contribution is 2.40. The summed E-state index contributed by atoms with van der Waals surface area (Å²) >= 11 is 0. The van der Waals surface area contributed by atoms with E-state index in [4.69, 9.17) is 5.26 Å². The highest BCUT2D eigenvalue weighted by Gasteiger charge is 2.41. The van der Waals surface area contributed by atoms with E-state index in [0.717, 1.165) is 19.5 Å². The highest BCUT2D eigenvalue weighted by molar-refractivity contribution is 5.03. The van der Waals surface area contributed by atoms with Crippen LogP contribution in [0.4, 0.5) is 0 Å². The standard InChI is InChI=1S/C12H22N2.2C2H6/c1-3-10-14(11-4-2)12(8-9-13)6-5-7-12;2*1-2/h3-8,10-11H2,1-2H3;2*1-2H3. The highest BCUT2D eigenvalue weighted by atomic mass is 15.2. The number of hydrogen-bond donors (Lipinski definition) is 0. The zero-order chi connectivity index (χ0) is 14.4. The molecule has 0 spiro atoms. The van der Waals surface area contributed by atoms with E-state index in [1.165, 1.54) is 32.1 Å². The minimum absolute atomic E-state index is 0.265. The SMILES string of the molecule is CC.CC.CCCN(CCC)C1(CC#N)CCC1. The topological polar surface area (TPSA) is 27.0 Å². The Morgan fingerprint density at radius 1 is 1.00 bits per heavy atom. The van der Waals surface area contributed by atoms with Gasteiger partial charge in [-0.1, -0.05) is 41.5 Å². The first-order chi connectivity index (χ1) is 8.79. The lowest BCUT2D eigenvalue weighted by Crippen LogP contribution is -2.54. The lowest BCUT2D eigenvalue weighted by atomic mass is 9.73. The summed E-state index contributed by atoms with van der Waals surface area (Å²) in [5.74, 6) is 0. The Balaban J connectivity index is 0. The van der Waals surface area contributed by atoms with Crippen LogP contribution in [0.2, 0.25) is 0 Å². The predicted molar refractivity (Wildman–Crippen MR) is 81.7 cm³/mol. The van der Waals surface area contributed by atoms with Crippen LogP contribution in [0.15, 0.2) is 0 Å². The molecule has 0 aromatic carbocycles. The van der Waals surface area contributed by atoms with Crippen molar-refractivity contribution in [2.45, 2.75) is 85.6 Å². The van der Waals surface area contributed by atoms with Crippen molar-refractivity contribution in [2.24, 2.45) is 0 Å². The van der Waals surface area contributed by atoms with Crippen LogP contribution in [-0.4, -0.2) is 23.5 Å². The molecule has 0 aliphatic heterocycles. The largest absolute Gasteiger partial charge is 0.297 e. The molecular formula is C16H34N2. The maximum absolute atomic E-state index is 8.88. The predicted octanol–water partition coefficient (Wildman–Crippen LogP) is 5.00. The summed E-state index contributed by atoms with van der Waals surface area (Å²) in [5.41, 5.74) is 0.265. The average Bonchev–Trinajstić information content (AvgIpc) is 2.38. The van der Waals surface area contributed by atoms with Crippen LogP contribution >= 0.6 is 0 Å². The van der Waals surface area contributed by atoms with E-state index in [-0.39, 0.29) is 5.54 Å². The van der Waals surface area contributed by atoms with Crippen molar-refractivity contribution in [3.63, 3.8) is 0 Å². The van der Waals surface area contributed by atoms with Crippen LogP contribution in [0.5, 0.6) is 0 Å². The Hall–Kier alpha value is -0.550. The molecule has 0 bridgehead atoms. The van der Waals surface area contributed by atoms with Gasteiger partial charge in [0.2, 0.25) is 0 Å². The van der Waals surface area contributed by atoms with Crippen molar-refractivity contribution >= 4 is 0 Å². The summed E-state index contributed by atoms with van der Waals surface area (Å²) < 4.78 is 0.